The predicted octanol–water partition coefficient (Wildman–Crippen LogP) is 5.10. The van der Waals surface area contributed by atoms with Gasteiger partial charge in [0.2, 0.25) is 0 Å². The maximum Gasteiger partial charge on any atom is 0.393 e. The van der Waals surface area contributed by atoms with Crippen LogP contribution < -0.4 is 4.74 Å². The van der Waals surface area contributed by atoms with Gasteiger partial charge in [0, 0.05) is 35.5 Å². The minimum Gasteiger partial charge on any atom is -0.490 e. The minimum atomic E-state index is -1.13. The van der Waals surface area contributed by atoms with Gasteiger partial charge in [-0.1, -0.05) is 20.3 Å². The van der Waals surface area contributed by atoms with Crippen LogP contribution in [0.1, 0.15) is 51.9 Å². The van der Waals surface area contributed by atoms with Crippen LogP contribution in [0.15, 0.2) is 46.8 Å². The molecular formula is C27H36N3O4S+. The Labute approximate surface area is 212 Å². The Hall–Kier alpha value is -2.77. The molecule has 1 atom stereocenters. The number of aliphatic hydroxyl groups is 1. The molecule has 1 heterocycles. The summed E-state index contributed by atoms with van der Waals surface area (Å²) in [6.07, 6.45) is 4.68. The molecule has 7 nitrogen and oxygen atoms in total. The molecule has 2 aromatic rings. The molecule has 188 valence electrons. The van der Waals surface area contributed by atoms with Gasteiger partial charge in [0.15, 0.2) is 5.82 Å². The molecule has 0 spiro atoms. The van der Waals surface area contributed by atoms with Crippen molar-refractivity contribution in [2.75, 3.05) is 20.3 Å². The molecule has 0 radical (unpaired) electrons. The highest BCUT2D eigenvalue weighted by atomic mass is 32.2. The number of hydrogen-bond donors (Lipinski definition) is 1. The number of carbonyl (C=O) groups excluding carboxylic acids is 1. The van der Waals surface area contributed by atoms with E-state index in [0.29, 0.717) is 36.2 Å². The Kier molecular flexibility index (Phi) is 10.4. The van der Waals surface area contributed by atoms with Crippen LogP contribution in [0.4, 0.5) is 0 Å². The van der Waals surface area contributed by atoms with Gasteiger partial charge in [0.05, 0.1) is 13.0 Å². The van der Waals surface area contributed by atoms with Crippen LogP contribution in [0.2, 0.25) is 0 Å². The van der Waals surface area contributed by atoms with E-state index in [9.17, 15) is 9.90 Å². The molecule has 0 saturated heterocycles. The van der Waals surface area contributed by atoms with Crippen LogP contribution >= 0.6 is 11.8 Å². The SMILES string of the molecule is C=C=C(Sc1cc(OCCOC)c(-c2cnc(C(C)(C)O)nc2)cc1C)[N+](=C)C(=O)CC(C)CC. The molecule has 0 aliphatic rings. The second kappa shape index (κ2) is 12.8. The highest BCUT2D eigenvalue weighted by molar-refractivity contribution is 8.02. The second-order valence-electron chi connectivity index (χ2n) is 8.93. The number of ether oxygens (including phenoxy) is 2. The minimum absolute atomic E-state index is 0.0760. The quantitative estimate of drug-likeness (QED) is 0.143. The van der Waals surface area contributed by atoms with Crippen molar-refractivity contribution in [2.24, 2.45) is 5.92 Å². The van der Waals surface area contributed by atoms with Crippen molar-refractivity contribution in [3.8, 4) is 16.9 Å². The van der Waals surface area contributed by atoms with E-state index in [0.717, 1.165) is 28.0 Å². The van der Waals surface area contributed by atoms with Gasteiger partial charge in [0.1, 0.15) is 24.7 Å². The zero-order chi connectivity index (χ0) is 26.2. The van der Waals surface area contributed by atoms with Gasteiger partial charge in [-0.15, -0.1) is 4.58 Å². The molecule has 0 saturated carbocycles. The molecule has 1 aromatic heterocycles. The van der Waals surface area contributed by atoms with Crippen molar-refractivity contribution < 1.29 is 24.0 Å². The van der Waals surface area contributed by atoms with E-state index in [2.05, 4.69) is 35.9 Å². The van der Waals surface area contributed by atoms with E-state index in [1.807, 2.05) is 26.0 Å². The molecule has 1 aromatic carbocycles. The number of nitrogens with zero attached hydrogens (tertiary/aromatic N) is 3. The number of amides is 1. The number of benzene rings is 1. The van der Waals surface area contributed by atoms with Crippen LogP contribution in [0, 0.1) is 12.8 Å². The van der Waals surface area contributed by atoms with E-state index in [-0.39, 0.29) is 11.8 Å². The van der Waals surface area contributed by atoms with Crippen LogP contribution in [0.5, 0.6) is 5.75 Å². The van der Waals surface area contributed by atoms with Crippen molar-refractivity contribution in [3.63, 3.8) is 0 Å². The number of thioether (sulfide) groups is 1. The Morgan fingerprint density at radius 3 is 2.49 bits per heavy atom. The number of rotatable bonds is 12. The van der Waals surface area contributed by atoms with Crippen LogP contribution in [-0.4, -0.2) is 52.6 Å². The average Bonchev–Trinajstić information content (AvgIpc) is 2.82. The highest BCUT2D eigenvalue weighted by Gasteiger charge is 2.25. The largest absolute Gasteiger partial charge is 0.490 e. The summed E-state index contributed by atoms with van der Waals surface area (Å²) in [5.74, 6) is 1.16. The number of aryl methyl sites for hydroxylation is 1. The van der Waals surface area contributed by atoms with Crippen molar-refractivity contribution in [2.45, 2.75) is 58.0 Å². The monoisotopic (exact) mass is 498 g/mol. The van der Waals surface area contributed by atoms with Gasteiger partial charge in [0.25, 0.3) is 5.03 Å². The second-order valence-corrected chi connectivity index (χ2v) is 9.96. The van der Waals surface area contributed by atoms with Gasteiger partial charge in [-0.25, -0.2) is 14.8 Å². The third-order valence-electron chi connectivity index (χ3n) is 5.46. The summed E-state index contributed by atoms with van der Waals surface area (Å²) in [7, 11) is 1.62. The molecule has 1 N–H and O–H groups in total. The Balaban J connectivity index is 2.41. The fraction of sp³-hybridized carbons (Fsp3) is 0.444. The van der Waals surface area contributed by atoms with Gasteiger partial charge in [-0.2, -0.15) is 0 Å². The highest BCUT2D eigenvalue weighted by Crippen LogP contribution is 2.39. The van der Waals surface area contributed by atoms with Crippen molar-refractivity contribution in [3.05, 3.63) is 53.3 Å². The zero-order valence-electron chi connectivity index (χ0n) is 21.6. The number of carbonyl (C=O) groups is 1. The number of methoxy groups -OCH3 is 1. The maximum absolute atomic E-state index is 12.7. The third-order valence-corrected chi connectivity index (χ3v) is 6.67. The summed E-state index contributed by atoms with van der Waals surface area (Å²) in [6, 6.07) is 3.90. The topological polar surface area (TPSA) is 84.6 Å². The summed E-state index contributed by atoms with van der Waals surface area (Å²) in [5, 5.41) is 10.7. The maximum atomic E-state index is 12.7. The number of aromatic nitrogens is 2. The summed E-state index contributed by atoms with van der Waals surface area (Å²) >= 11 is 1.36. The first-order chi connectivity index (χ1) is 16.5. The fourth-order valence-corrected chi connectivity index (χ4v) is 3.98. The lowest BCUT2D eigenvalue weighted by Gasteiger charge is -2.17. The van der Waals surface area contributed by atoms with Crippen molar-refractivity contribution in [1.82, 2.24) is 9.97 Å². The number of hydrogen-bond acceptors (Lipinski definition) is 7. The van der Waals surface area contributed by atoms with Gasteiger partial charge in [-0.3, -0.25) is 0 Å². The summed E-state index contributed by atoms with van der Waals surface area (Å²) in [6.45, 7) is 17.9. The smallest absolute Gasteiger partial charge is 0.393 e. The first kappa shape index (κ1) is 28.5. The lowest BCUT2D eigenvalue weighted by Crippen LogP contribution is -2.19. The molecule has 0 bridgehead atoms. The zero-order valence-corrected chi connectivity index (χ0v) is 22.4. The van der Waals surface area contributed by atoms with Crippen LogP contribution in [0.25, 0.3) is 11.1 Å². The Morgan fingerprint density at radius 1 is 1.29 bits per heavy atom. The Bertz CT molecular complexity index is 1100. The first-order valence-corrected chi connectivity index (χ1v) is 12.4. The van der Waals surface area contributed by atoms with Crippen molar-refractivity contribution >= 4 is 24.4 Å². The van der Waals surface area contributed by atoms with E-state index < -0.39 is 5.60 Å². The third kappa shape index (κ3) is 7.87. The molecule has 35 heavy (non-hydrogen) atoms. The molecular weight excluding hydrogens is 462 g/mol. The van der Waals surface area contributed by atoms with E-state index >= 15 is 0 Å². The predicted molar refractivity (Wildman–Crippen MR) is 140 cm³/mol. The lowest BCUT2D eigenvalue weighted by molar-refractivity contribution is -0.380. The van der Waals surface area contributed by atoms with Gasteiger partial charge in [-0.05, 0) is 68.5 Å². The van der Waals surface area contributed by atoms with E-state index in [4.69, 9.17) is 9.47 Å². The summed E-state index contributed by atoms with van der Waals surface area (Å²) in [5.41, 5.74) is 4.26. The first-order valence-electron chi connectivity index (χ1n) is 11.5. The van der Waals surface area contributed by atoms with Gasteiger partial charge >= 0.3 is 5.91 Å². The van der Waals surface area contributed by atoms with Crippen LogP contribution in [-0.2, 0) is 15.1 Å². The molecule has 1 unspecified atom stereocenters. The standard InChI is InChI=1S/C27H36N3O4S/c1-9-18(3)13-24(31)30(7)25(10-2)35-23-15-22(34-12-11-33-8)21(14-19(23)4)20-16-28-26(29-17-20)27(5,6)32/h14-18,32H,2,7,9,11-13H2,1,3-6,8H3/q+1. The molecule has 0 aliphatic carbocycles. The van der Waals surface area contributed by atoms with Crippen molar-refractivity contribution in [1.29, 1.82) is 0 Å². The average molecular weight is 499 g/mol. The molecule has 0 fully saturated rings. The van der Waals surface area contributed by atoms with Crippen LogP contribution in [0.3, 0.4) is 0 Å². The molecule has 1 amide bonds. The van der Waals surface area contributed by atoms with E-state index in [1.54, 1.807) is 33.4 Å². The normalized spacial score (nSPS) is 12.1. The Morgan fingerprint density at radius 2 is 1.94 bits per heavy atom. The fourth-order valence-electron chi connectivity index (χ4n) is 3.10. The van der Waals surface area contributed by atoms with Gasteiger partial charge < -0.3 is 14.6 Å². The summed E-state index contributed by atoms with van der Waals surface area (Å²) in [4.78, 5) is 22.2. The summed E-state index contributed by atoms with van der Waals surface area (Å²) < 4.78 is 12.5. The lowest BCUT2D eigenvalue weighted by atomic mass is 10.0. The molecule has 2 rings (SSSR count). The molecule has 0 aliphatic heterocycles. The van der Waals surface area contributed by atoms with E-state index in [1.165, 1.54) is 16.3 Å². The molecule has 8 heteroatoms.